The second kappa shape index (κ2) is 12.5. The van der Waals surface area contributed by atoms with E-state index in [4.69, 9.17) is 15.2 Å². The number of benzene rings is 1. The van der Waals surface area contributed by atoms with Gasteiger partial charge in [0.2, 0.25) is 0 Å². The molecular formula is C17H29IN4O2. The van der Waals surface area contributed by atoms with E-state index >= 15 is 0 Å². The van der Waals surface area contributed by atoms with Crippen LogP contribution < -0.4 is 11.1 Å². The summed E-state index contributed by atoms with van der Waals surface area (Å²) in [6, 6.07) is 7.95. The molecule has 2 rings (SSSR count). The van der Waals surface area contributed by atoms with Crippen LogP contribution in [0.5, 0.6) is 0 Å². The Hall–Kier alpha value is -0.900. The van der Waals surface area contributed by atoms with Gasteiger partial charge in [-0.15, -0.1) is 24.0 Å². The topological polar surface area (TPSA) is 72.1 Å². The molecular weight excluding hydrogens is 419 g/mol. The number of nitrogens with one attached hydrogen (secondary N) is 1. The first kappa shape index (κ1) is 21.1. The summed E-state index contributed by atoms with van der Waals surface area (Å²) in [5.41, 5.74) is 7.98. The largest absolute Gasteiger partial charge is 0.380 e. The Labute approximate surface area is 161 Å². The van der Waals surface area contributed by atoms with Gasteiger partial charge in [-0.1, -0.05) is 18.2 Å². The Morgan fingerprint density at radius 3 is 2.79 bits per heavy atom. The fraction of sp³-hybridized carbons (Fsp3) is 0.588. The number of methoxy groups -OCH3 is 1. The number of rotatable bonds is 8. The fourth-order valence-corrected chi connectivity index (χ4v) is 2.57. The van der Waals surface area contributed by atoms with E-state index in [0.29, 0.717) is 12.6 Å². The van der Waals surface area contributed by atoms with E-state index in [9.17, 15) is 0 Å². The van der Waals surface area contributed by atoms with E-state index in [1.165, 1.54) is 0 Å². The molecule has 6 nitrogen and oxygen atoms in total. The maximum atomic E-state index is 5.97. The highest BCUT2D eigenvalue weighted by atomic mass is 127. The van der Waals surface area contributed by atoms with Crippen molar-refractivity contribution < 1.29 is 9.47 Å². The van der Waals surface area contributed by atoms with Gasteiger partial charge in [-0.2, -0.15) is 0 Å². The smallest absolute Gasteiger partial charge is 0.193 e. The van der Waals surface area contributed by atoms with E-state index in [1.807, 2.05) is 24.3 Å². The molecule has 0 aliphatic carbocycles. The standard InChI is InChI=1S/C17H28N4O2.HI/c1-22-14-15-6-2-3-7-16(15)20-17(18)19-8-4-5-9-21-10-12-23-13-11-21;/h2-3,6-7H,4-5,8-14H2,1H3,(H3,18,19,20);1H. The maximum Gasteiger partial charge on any atom is 0.193 e. The van der Waals surface area contributed by atoms with Crippen molar-refractivity contribution >= 4 is 35.6 Å². The normalized spacial score (nSPS) is 15.8. The van der Waals surface area contributed by atoms with Gasteiger partial charge >= 0.3 is 0 Å². The number of hydrogen-bond donors (Lipinski definition) is 2. The zero-order valence-electron chi connectivity index (χ0n) is 14.4. The lowest BCUT2D eigenvalue weighted by molar-refractivity contribution is 0.0373. The second-order valence-corrected chi connectivity index (χ2v) is 5.64. The van der Waals surface area contributed by atoms with Crippen molar-refractivity contribution in [2.75, 3.05) is 51.8 Å². The quantitative estimate of drug-likeness (QED) is 0.277. The van der Waals surface area contributed by atoms with Crippen LogP contribution in [-0.2, 0) is 16.1 Å². The first-order valence-electron chi connectivity index (χ1n) is 8.23. The number of ether oxygens (including phenoxy) is 2. The zero-order valence-corrected chi connectivity index (χ0v) is 16.7. The lowest BCUT2D eigenvalue weighted by Gasteiger charge is -2.26. The van der Waals surface area contributed by atoms with Gasteiger partial charge in [0.25, 0.3) is 0 Å². The summed E-state index contributed by atoms with van der Waals surface area (Å²) in [5, 5.41) is 3.16. The third-order valence-corrected chi connectivity index (χ3v) is 3.85. The highest BCUT2D eigenvalue weighted by molar-refractivity contribution is 14.0. The first-order chi connectivity index (χ1) is 11.3. The maximum absolute atomic E-state index is 5.97. The Kier molecular flexibility index (Phi) is 11.0. The number of halogens is 1. The SMILES string of the molecule is COCc1ccccc1NC(N)=NCCCCN1CCOCC1.I. The van der Waals surface area contributed by atoms with Crippen LogP contribution in [0.15, 0.2) is 29.3 Å². The Morgan fingerprint density at radius 2 is 2.04 bits per heavy atom. The molecule has 0 bridgehead atoms. The lowest BCUT2D eigenvalue weighted by atomic mass is 10.2. The number of morpholine rings is 1. The van der Waals surface area contributed by atoms with E-state index in [0.717, 1.165) is 63.5 Å². The van der Waals surface area contributed by atoms with Crippen LogP contribution in [0.25, 0.3) is 0 Å². The van der Waals surface area contributed by atoms with Gasteiger partial charge < -0.3 is 20.5 Å². The van der Waals surface area contributed by atoms with E-state index < -0.39 is 0 Å². The zero-order chi connectivity index (χ0) is 16.3. The number of nitrogens with zero attached hydrogens (tertiary/aromatic N) is 2. The molecule has 1 aromatic carbocycles. The molecule has 1 saturated heterocycles. The van der Waals surface area contributed by atoms with Gasteiger partial charge in [0.05, 0.1) is 19.8 Å². The van der Waals surface area contributed by atoms with Crippen molar-refractivity contribution in [1.29, 1.82) is 0 Å². The van der Waals surface area contributed by atoms with Crippen LogP contribution in [0.2, 0.25) is 0 Å². The number of aliphatic imine (C=N–C) groups is 1. The summed E-state index contributed by atoms with van der Waals surface area (Å²) >= 11 is 0. The molecule has 0 atom stereocenters. The van der Waals surface area contributed by atoms with Crippen LogP contribution in [0.3, 0.4) is 0 Å². The van der Waals surface area contributed by atoms with Crippen LogP contribution in [-0.4, -0.2) is 57.4 Å². The number of hydrogen-bond acceptors (Lipinski definition) is 4. The van der Waals surface area contributed by atoms with E-state index in [1.54, 1.807) is 7.11 Å². The molecule has 0 unspecified atom stereocenters. The molecule has 1 aliphatic rings. The number of guanidine groups is 1. The molecule has 1 heterocycles. The van der Waals surface area contributed by atoms with Crippen molar-refractivity contribution in [2.45, 2.75) is 19.4 Å². The molecule has 0 spiro atoms. The molecule has 24 heavy (non-hydrogen) atoms. The second-order valence-electron chi connectivity index (χ2n) is 5.64. The minimum atomic E-state index is 0. The van der Waals surface area contributed by atoms with Gasteiger partial charge in [0.1, 0.15) is 0 Å². The molecule has 7 heteroatoms. The molecule has 1 aliphatic heterocycles. The average molecular weight is 448 g/mol. The van der Waals surface area contributed by atoms with E-state index in [2.05, 4.69) is 15.2 Å². The molecule has 0 radical (unpaired) electrons. The Balaban J connectivity index is 0.00000288. The summed E-state index contributed by atoms with van der Waals surface area (Å²) in [7, 11) is 1.68. The van der Waals surface area contributed by atoms with Gasteiger partial charge in [0.15, 0.2) is 5.96 Å². The third-order valence-electron chi connectivity index (χ3n) is 3.85. The summed E-state index contributed by atoms with van der Waals surface area (Å²) in [4.78, 5) is 6.84. The highest BCUT2D eigenvalue weighted by Gasteiger charge is 2.08. The molecule has 136 valence electrons. The molecule has 1 aromatic rings. The van der Waals surface area contributed by atoms with Crippen LogP contribution in [0, 0.1) is 0 Å². The van der Waals surface area contributed by atoms with E-state index in [-0.39, 0.29) is 24.0 Å². The van der Waals surface area contributed by atoms with Crippen molar-refractivity contribution in [1.82, 2.24) is 4.90 Å². The number of para-hydroxylation sites is 1. The number of nitrogens with two attached hydrogens (primary N) is 1. The number of anilines is 1. The van der Waals surface area contributed by atoms with Crippen molar-refractivity contribution in [2.24, 2.45) is 10.7 Å². The average Bonchev–Trinajstić information content (AvgIpc) is 2.57. The summed E-state index contributed by atoms with van der Waals surface area (Å²) < 4.78 is 10.5. The molecule has 3 N–H and O–H groups in total. The van der Waals surface area contributed by atoms with Gasteiger partial charge in [-0.05, 0) is 25.5 Å². The summed E-state index contributed by atoms with van der Waals surface area (Å²) in [6.45, 7) is 6.22. The minimum Gasteiger partial charge on any atom is -0.380 e. The monoisotopic (exact) mass is 448 g/mol. The van der Waals surface area contributed by atoms with Crippen molar-refractivity contribution in [3.8, 4) is 0 Å². The van der Waals surface area contributed by atoms with Gasteiger partial charge in [-0.3, -0.25) is 9.89 Å². The molecule has 0 amide bonds. The Morgan fingerprint density at radius 1 is 1.29 bits per heavy atom. The minimum absolute atomic E-state index is 0. The van der Waals surface area contributed by atoms with Crippen LogP contribution in [0.1, 0.15) is 18.4 Å². The predicted molar refractivity (Wildman–Crippen MR) is 109 cm³/mol. The first-order valence-corrected chi connectivity index (χ1v) is 8.23. The predicted octanol–water partition coefficient (Wildman–Crippen LogP) is 2.29. The molecule has 0 aromatic heterocycles. The number of unbranched alkanes of at least 4 members (excludes halogenated alkanes) is 1. The van der Waals surface area contributed by atoms with Gasteiger partial charge in [-0.25, -0.2) is 0 Å². The molecule has 1 fully saturated rings. The van der Waals surface area contributed by atoms with Crippen LogP contribution >= 0.6 is 24.0 Å². The van der Waals surface area contributed by atoms with Crippen LogP contribution in [0.4, 0.5) is 5.69 Å². The summed E-state index contributed by atoms with van der Waals surface area (Å²) in [6.07, 6.45) is 2.18. The highest BCUT2D eigenvalue weighted by Crippen LogP contribution is 2.15. The Bertz CT molecular complexity index is 493. The lowest BCUT2D eigenvalue weighted by Crippen LogP contribution is -2.36. The molecule has 0 saturated carbocycles. The fourth-order valence-electron chi connectivity index (χ4n) is 2.57. The van der Waals surface area contributed by atoms with Gasteiger partial charge in [0, 0.05) is 38.0 Å². The van der Waals surface area contributed by atoms with Crippen molar-refractivity contribution in [3.63, 3.8) is 0 Å². The third kappa shape index (κ3) is 7.78. The summed E-state index contributed by atoms with van der Waals surface area (Å²) in [5.74, 6) is 0.458. The van der Waals surface area contributed by atoms with Crippen molar-refractivity contribution in [3.05, 3.63) is 29.8 Å².